The Hall–Kier alpha value is -2.06. The maximum Gasteiger partial charge on any atom is 0.0457 e. The highest BCUT2D eigenvalue weighted by molar-refractivity contribution is 5.82. The number of aromatic nitrogens is 1. The van der Waals surface area contributed by atoms with Crippen LogP contribution in [0.4, 0.5) is 0 Å². The second-order valence-electron chi connectivity index (χ2n) is 5.53. The molecule has 0 saturated carbocycles. The van der Waals surface area contributed by atoms with Crippen molar-refractivity contribution in [1.82, 2.24) is 10.3 Å². The fourth-order valence-electron chi connectivity index (χ4n) is 3.31. The van der Waals surface area contributed by atoms with Gasteiger partial charge in [-0.15, -0.1) is 0 Å². The van der Waals surface area contributed by atoms with Crippen LogP contribution in [0, 0.1) is 0 Å². The summed E-state index contributed by atoms with van der Waals surface area (Å²) in [6.07, 6.45) is 4.42. The summed E-state index contributed by atoms with van der Waals surface area (Å²) < 4.78 is 0. The molecule has 1 heterocycles. The predicted molar refractivity (Wildman–Crippen MR) is 82.6 cm³/mol. The molecule has 3 aromatic rings. The molecule has 2 nitrogen and oxygen atoms in total. The van der Waals surface area contributed by atoms with Crippen LogP contribution in [0.25, 0.3) is 10.9 Å². The first-order chi connectivity index (χ1) is 9.92. The summed E-state index contributed by atoms with van der Waals surface area (Å²) in [5.74, 6) is 0. The van der Waals surface area contributed by atoms with E-state index in [0.29, 0.717) is 6.04 Å². The first-order valence-electron chi connectivity index (χ1n) is 7.28. The number of nitrogens with one attached hydrogen (secondary N) is 2. The third kappa shape index (κ3) is 1.93. The molecule has 1 aliphatic carbocycles. The fraction of sp³-hybridized carbons (Fsp3) is 0.222. The quantitative estimate of drug-likeness (QED) is 0.735. The van der Waals surface area contributed by atoms with Gasteiger partial charge in [-0.1, -0.05) is 36.4 Å². The molecule has 0 bridgehead atoms. The minimum atomic E-state index is 0.500. The van der Waals surface area contributed by atoms with Crippen molar-refractivity contribution in [2.45, 2.75) is 25.4 Å². The summed E-state index contributed by atoms with van der Waals surface area (Å²) >= 11 is 0. The molecule has 2 N–H and O–H groups in total. The monoisotopic (exact) mass is 262 g/mol. The predicted octanol–water partition coefficient (Wildman–Crippen LogP) is 3.95. The molecular weight excluding hydrogens is 244 g/mol. The third-order valence-electron chi connectivity index (χ3n) is 4.36. The lowest BCUT2D eigenvalue weighted by molar-refractivity contribution is 0.531. The highest BCUT2D eigenvalue weighted by Crippen LogP contribution is 2.31. The van der Waals surface area contributed by atoms with E-state index >= 15 is 0 Å². The number of benzene rings is 2. The second kappa shape index (κ2) is 4.80. The molecule has 1 aliphatic rings. The first-order valence-corrected chi connectivity index (χ1v) is 7.28. The van der Waals surface area contributed by atoms with Gasteiger partial charge in [0.1, 0.15) is 0 Å². The summed E-state index contributed by atoms with van der Waals surface area (Å²) in [4.78, 5) is 3.28. The van der Waals surface area contributed by atoms with Gasteiger partial charge in [-0.25, -0.2) is 0 Å². The molecular formula is C18H18N2. The summed E-state index contributed by atoms with van der Waals surface area (Å²) in [5, 5.41) is 5.05. The van der Waals surface area contributed by atoms with E-state index in [-0.39, 0.29) is 0 Å². The molecule has 2 heteroatoms. The Kier molecular flexibility index (Phi) is 2.82. The summed E-state index contributed by atoms with van der Waals surface area (Å²) in [6.45, 7) is 0.925. The number of rotatable bonds is 3. The van der Waals surface area contributed by atoms with Crippen molar-refractivity contribution >= 4 is 10.9 Å². The van der Waals surface area contributed by atoms with Crippen LogP contribution >= 0.6 is 0 Å². The van der Waals surface area contributed by atoms with Gasteiger partial charge in [-0.05, 0) is 41.7 Å². The lowest BCUT2D eigenvalue weighted by atomic mass is 10.1. The highest BCUT2D eigenvalue weighted by Gasteiger charge is 2.21. The van der Waals surface area contributed by atoms with E-state index in [1.54, 1.807) is 0 Å². The zero-order chi connectivity index (χ0) is 13.4. The lowest BCUT2D eigenvalue weighted by Gasteiger charge is -2.14. The Labute approximate surface area is 118 Å². The lowest BCUT2D eigenvalue weighted by Crippen LogP contribution is -2.18. The van der Waals surface area contributed by atoms with Gasteiger partial charge in [0.25, 0.3) is 0 Å². The van der Waals surface area contributed by atoms with Gasteiger partial charge >= 0.3 is 0 Å². The topological polar surface area (TPSA) is 27.8 Å². The molecule has 20 heavy (non-hydrogen) atoms. The smallest absolute Gasteiger partial charge is 0.0457 e. The van der Waals surface area contributed by atoms with E-state index in [9.17, 15) is 0 Å². The number of hydrogen-bond acceptors (Lipinski definition) is 1. The van der Waals surface area contributed by atoms with Crippen molar-refractivity contribution in [2.75, 3.05) is 0 Å². The van der Waals surface area contributed by atoms with Gasteiger partial charge in [0, 0.05) is 29.7 Å². The van der Waals surface area contributed by atoms with E-state index < -0.39 is 0 Å². The summed E-state index contributed by atoms with van der Waals surface area (Å²) in [5.41, 5.74) is 5.57. The first kappa shape index (κ1) is 11.7. The van der Waals surface area contributed by atoms with E-state index in [2.05, 4.69) is 58.8 Å². The zero-order valence-electron chi connectivity index (χ0n) is 11.4. The molecule has 1 atom stereocenters. The molecule has 0 radical (unpaired) electrons. The van der Waals surface area contributed by atoms with Crippen LogP contribution in [0.1, 0.15) is 29.2 Å². The van der Waals surface area contributed by atoms with Crippen molar-refractivity contribution < 1.29 is 0 Å². The third-order valence-corrected chi connectivity index (χ3v) is 4.36. The molecule has 2 aromatic carbocycles. The van der Waals surface area contributed by atoms with Crippen molar-refractivity contribution in [3.63, 3.8) is 0 Å². The maximum absolute atomic E-state index is 3.72. The van der Waals surface area contributed by atoms with Crippen molar-refractivity contribution in [3.05, 3.63) is 71.4 Å². The van der Waals surface area contributed by atoms with Crippen LogP contribution in [0.5, 0.6) is 0 Å². The van der Waals surface area contributed by atoms with Gasteiger partial charge in [0.15, 0.2) is 0 Å². The average Bonchev–Trinajstić information content (AvgIpc) is 3.12. The second-order valence-corrected chi connectivity index (χ2v) is 5.53. The van der Waals surface area contributed by atoms with Gasteiger partial charge in [0.2, 0.25) is 0 Å². The molecule has 0 aliphatic heterocycles. The van der Waals surface area contributed by atoms with E-state index in [1.165, 1.54) is 40.4 Å². The van der Waals surface area contributed by atoms with Crippen LogP contribution in [0.15, 0.2) is 54.7 Å². The Morgan fingerprint density at radius 2 is 2.00 bits per heavy atom. The van der Waals surface area contributed by atoms with E-state index in [0.717, 1.165) is 6.54 Å². The molecule has 1 aromatic heterocycles. The Bertz CT molecular complexity index is 742. The fourth-order valence-corrected chi connectivity index (χ4v) is 3.31. The number of aromatic amines is 1. The maximum atomic E-state index is 3.72. The molecule has 0 spiro atoms. The summed E-state index contributed by atoms with van der Waals surface area (Å²) in [7, 11) is 0. The van der Waals surface area contributed by atoms with Gasteiger partial charge in [0.05, 0.1) is 0 Å². The largest absolute Gasteiger partial charge is 0.361 e. The molecule has 4 rings (SSSR count). The average molecular weight is 262 g/mol. The van der Waals surface area contributed by atoms with Crippen molar-refractivity contribution in [1.29, 1.82) is 0 Å². The minimum absolute atomic E-state index is 0.500. The van der Waals surface area contributed by atoms with Crippen LogP contribution in [0.3, 0.4) is 0 Å². The number of fused-ring (bicyclic) bond motifs is 2. The Balaban J connectivity index is 1.56. The van der Waals surface area contributed by atoms with Gasteiger partial charge < -0.3 is 10.3 Å². The van der Waals surface area contributed by atoms with E-state index in [1.807, 2.05) is 6.20 Å². The van der Waals surface area contributed by atoms with Crippen LogP contribution in [-0.2, 0) is 13.0 Å². The van der Waals surface area contributed by atoms with Gasteiger partial charge in [-0.2, -0.15) is 0 Å². The molecule has 0 amide bonds. The van der Waals surface area contributed by atoms with Crippen molar-refractivity contribution in [3.8, 4) is 0 Å². The Morgan fingerprint density at radius 1 is 1.05 bits per heavy atom. The Morgan fingerprint density at radius 3 is 3.00 bits per heavy atom. The van der Waals surface area contributed by atoms with Crippen LogP contribution in [0.2, 0.25) is 0 Å². The zero-order valence-corrected chi connectivity index (χ0v) is 11.4. The standard InChI is InChI=1S/C18H18N2/c1-2-6-15-13(4-1)8-9-18(15)20-12-14-5-3-7-17-16(14)10-11-19-17/h1-7,10-11,18-20H,8-9,12H2. The van der Waals surface area contributed by atoms with E-state index in [4.69, 9.17) is 0 Å². The summed E-state index contributed by atoms with van der Waals surface area (Å²) in [6, 6.07) is 17.9. The van der Waals surface area contributed by atoms with Crippen LogP contribution in [-0.4, -0.2) is 4.98 Å². The molecule has 1 unspecified atom stereocenters. The normalized spacial score (nSPS) is 17.5. The van der Waals surface area contributed by atoms with Crippen molar-refractivity contribution in [2.24, 2.45) is 0 Å². The SMILES string of the molecule is c1ccc2c(c1)CCC2NCc1cccc2[nH]ccc12. The van der Waals surface area contributed by atoms with Crippen LogP contribution < -0.4 is 5.32 Å². The number of aryl methyl sites for hydroxylation is 1. The highest BCUT2D eigenvalue weighted by atomic mass is 14.9. The number of hydrogen-bond donors (Lipinski definition) is 2. The molecule has 100 valence electrons. The van der Waals surface area contributed by atoms with Gasteiger partial charge in [-0.3, -0.25) is 0 Å². The number of H-pyrrole nitrogens is 1. The minimum Gasteiger partial charge on any atom is -0.361 e. The molecule has 0 fully saturated rings. The molecule has 0 saturated heterocycles.